The maximum Gasteiger partial charge on any atom is 0.148 e. The fraction of sp³-hybridized carbons (Fsp3) is 0.125. The van der Waals surface area contributed by atoms with E-state index in [1.165, 1.54) is 0 Å². The molecular weight excluding hydrogens is 215 g/mol. The summed E-state index contributed by atoms with van der Waals surface area (Å²) in [6, 6.07) is 3.94. The van der Waals surface area contributed by atoms with Crippen LogP contribution in [0.2, 0.25) is 0 Å². The van der Waals surface area contributed by atoms with Gasteiger partial charge in [0.15, 0.2) is 0 Å². The first-order valence-corrected chi connectivity index (χ1v) is 4.50. The molecule has 0 saturated carbocycles. The van der Waals surface area contributed by atoms with E-state index in [-0.39, 0.29) is 0 Å². The van der Waals surface area contributed by atoms with Gasteiger partial charge in [-0.2, -0.15) is 0 Å². The molecule has 0 unspecified atom stereocenters. The molecule has 4 heteroatoms. The molecule has 0 saturated heterocycles. The number of halogens is 1. The zero-order valence-corrected chi connectivity index (χ0v) is 8.72. The van der Waals surface area contributed by atoms with E-state index in [2.05, 4.69) is 26.2 Å². The lowest BCUT2D eigenvalue weighted by Crippen LogP contribution is -1.94. The van der Waals surface area contributed by atoms with Gasteiger partial charge in [-0.15, -0.1) is 0 Å². The third-order valence-corrected chi connectivity index (χ3v) is 1.66. The Labute approximate surface area is 81.6 Å². The Morgan fingerprint density at radius 2 is 2.50 bits per heavy atom. The second-order valence-electron chi connectivity index (χ2n) is 2.42. The summed E-state index contributed by atoms with van der Waals surface area (Å²) in [5.74, 6) is 0.899. The molecule has 0 radical (unpaired) electrons. The molecule has 1 heterocycles. The van der Waals surface area contributed by atoms with Crippen LogP contribution in [0.3, 0.4) is 0 Å². The topological polar surface area (TPSA) is 24.9 Å². The van der Waals surface area contributed by atoms with Crippen molar-refractivity contribution in [2.24, 2.45) is 0 Å². The molecular formula is C8H10BBrN2. The van der Waals surface area contributed by atoms with Crippen molar-refractivity contribution in [2.75, 3.05) is 12.4 Å². The van der Waals surface area contributed by atoms with Crippen molar-refractivity contribution < 1.29 is 0 Å². The Morgan fingerprint density at radius 3 is 3.08 bits per heavy atom. The van der Waals surface area contributed by atoms with Gasteiger partial charge in [-0.1, -0.05) is 22.0 Å². The highest BCUT2D eigenvalue weighted by molar-refractivity contribution is 9.12. The van der Waals surface area contributed by atoms with Gasteiger partial charge in [-0.25, -0.2) is 4.98 Å². The SMILES string of the molecule is B/C(Br)=C/c1cccnc1NC. The number of nitrogens with one attached hydrogen (secondary N) is 1. The first-order valence-electron chi connectivity index (χ1n) is 3.70. The molecule has 1 aromatic heterocycles. The van der Waals surface area contributed by atoms with Crippen molar-refractivity contribution in [1.29, 1.82) is 0 Å². The van der Waals surface area contributed by atoms with Gasteiger partial charge in [-0.05, 0) is 16.5 Å². The summed E-state index contributed by atoms with van der Waals surface area (Å²) in [6.07, 6.45) is 3.80. The number of rotatable bonds is 2. The summed E-state index contributed by atoms with van der Waals surface area (Å²) in [6.45, 7) is 0. The van der Waals surface area contributed by atoms with Crippen molar-refractivity contribution in [1.82, 2.24) is 4.98 Å². The number of hydrogen-bond acceptors (Lipinski definition) is 2. The van der Waals surface area contributed by atoms with Crippen LogP contribution in [0, 0.1) is 0 Å². The Kier molecular flexibility index (Phi) is 3.35. The van der Waals surface area contributed by atoms with Crippen LogP contribution < -0.4 is 5.32 Å². The quantitative estimate of drug-likeness (QED) is 0.770. The van der Waals surface area contributed by atoms with Gasteiger partial charge < -0.3 is 5.32 Å². The monoisotopic (exact) mass is 224 g/mol. The molecule has 0 aromatic carbocycles. The van der Waals surface area contributed by atoms with E-state index in [9.17, 15) is 0 Å². The smallest absolute Gasteiger partial charge is 0.148 e. The standard InChI is InChI=1S/C8H10BBrN2/c1-11-8-6(5-7(9)10)3-2-4-12-8/h2-5H,9H2,1H3,(H,11,12)/b7-5-. The first-order chi connectivity index (χ1) is 5.74. The van der Waals surface area contributed by atoms with E-state index in [1.807, 2.05) is 33.1 Å². The molecule has 1 aromatic rings. The normalized spacial score (nSPS) is 11.3. The minimum atomic E-state index is 0.899. The second-order valence-corrected chi connectivity index (χ2v) is 3.67. The lowest BCUT2D eigenvalue weighted by Gasteiger charge is -2.02. The van der Waals surface area contributed by atoms with Gasteiger partial charge in [0.1, 0.15) is 13.7 Å². The summed E-state index contributed by atoms with van der Waals surface area (Å²) in [4.78, 5) is 4.17. The molecule has 0 atom stereocenters. The van der Waals surface area contributed by atoms with Gasteiger partial charge in [0.2, 0.25) is 0 Å². The van der Waals surface area contributed by atoms with Gasteiger partial charge in [0, 0.05) is 18.8 Å². The van der Waals surface area contributed by atoms with Crippen LogP contribution in [0.5, 0.6) is 0 Å². The summed E-state index contributed by atoms with van der Waals surface area (Å²) in [7, 11) is 3.86. The van der Waals surface area contributed by atoms with Crippen LogP contribution in [-0.4, -0.2) is 19.9 Å². The Morgan fingerprint density at radius 1 is 1.75 bits per heavy atom. The van der Waals surface area contributed by atoms with Gasteiger partial charge >= 0.3 is 0 Å². The van der Waals surface area contributed by atoms with Crippen molar-refractivity contribution in [3.8, 4) is 0 Å². The molecule has 0 fully saturated rings. The van der Waals surface area contributed by atoms with Crippen LogP contribution in [0.25, 0.3) is 6.08 Å². The molecule has 0 aliphatic rings. The minimum absolute atomic E-state index is 0.899. The Bertz CT molecular complexity index is 295. The fourth-order valence-corrected chi connectivity index (χ4v) is 1.20. The van der Waals surface area contributed by atoms with Gasteiger partial charge in [0.25, 0.3) is 0 Å². The fourth-order valence-electron chi connectivity index (χ4n) is 0.957. The zero-order chi connectivity index (χ0) is 8.97. The van der Waals surface area contributed by atoms with E-state index >= 15 is 0 Å². The summed E-state index contributed by atoms with van der Waals surface area (Å²) >= 11 is 3.38. The largest absolute Gasteiger partial charge is 0.373 e. The first kappa shape index (κ1) is 9.32. The molecule has 0 amide bonds. The average Bonchev–Trinajstić information content (AvgIpc) is 2.04. The molecule has 12 heavy (non-hydrogen) atoms. The zero-order valence-electron chi connectivity index (χ0n) is 7.13. The Balaban J connectivity index is 3.05. The highest BCUT2D eigenvalue weighted by Gasteiger charge is 1.96. The van der Waals surface area contributed by atoms with E-state index < -0.39 is 0 Å². The maximum atomic E-state index is 4.17. The summed E-state index contributed by atoms with van der Waals surface area (Å²) < 4.78 is 1.09. The second kappa shape index (κ2) is 4.31. The molecule has 0 aliphatic carbocycles. The Hall–Kier alpha value is -0.765. The van der Waals surface area contributed by atoms with E-state index in [4.69, 9.17) is 0 Å². The molecule has 2 nitrogen and oxygen atoms in total. The van der Waals surface area contributed by atoms with E-state index in [1.54, 1.807) is 6.20 Å². The predicted octanol–water partition coefficient (Wildman–Crippen LogP) is 1.45. The maximum absolute atomic E-state index is 4.17. The highest BCUT2D eigenvalue weighted by Crippen LogP contribution is 2.15. The van der Waals surface area contributed by atoms with Crippen LogP contribution >= 0.6 is 15.9 Å². The van der Waals surface area contributed by atoms with E-state index in [0.29, 0.717) is 0 Å². The number of hydrogen-bond donors (Lipinski definition) is 1. The minimum Gasteiger partial charge on any atom is -0.373 e. The number of aromatic nitrogens is 1. The average molecular weight is 225 g/mol. The van der Waals surface area contributed by atoms with Gasteiger partial charge in [-0.3, -0.25) is 0 Å². The van der Waals surface area contributed by atoms with Gasteiger partial charge in [0.05, 0.1) is 0 Å². The predicted molar refractivity (Wildman–Crippen MR) is 59.2 cm³/mol. The molecule has 1 rings (SSSR count). The molecule has 0 spiro atoms. The molecule has 0 aliphatic heterocycles. The number of anilines is 1. The van der Waals surface area contributed by atoms with Crippen molar-refractivity contribution in [2.45, 2.75) is 0 Å². The third kappa shape index (κ3) is 2.38. The lowest BCUT2D eigenvalue weighted by atomic mass is 10.1. The van der Waals surface area contributed by atoms with Crippen molar-refractivity contribution >= 4 is 35.7 Å². The number of pyridine rings is 1. The van der Waals surface area contributed by atoms with Crippen LogP contribution in [0.15, 0.2) is 22.7 Å². The van der Waals surface area contributed by atoms with E-state index in [0.717, 1.165) is 15.8 Å². The van der Waals surface area contributed by atoms with Crippen LogP contribution in [-0.2, 0) is 0 Å². The lowest BCUT2D eigenvalue weighted by molar-refractivity contribution is 1.28. The molecule has 62 valence electrons. The molecule has 1 N–H and O–H groups in total. The van der Waals surface area contributed by atoms with Crippen molar-refractivity contribution in [3.05, 3.63) is 28.3 Å². The molecule has 0 bridgehead atoms. The highest BCUT2D eigenvalue weighted by atomic mass is 79.9. The summed E-state index contributed by atoms with van der Waals surface area (Å²) in [5.41, 5.74) is 1.09. The third-order valence-electron chi connectivity index (χ3n) is 1.43. The summed E-state index contributed by atoms with van der Waals surface area (Å²) in [5, 5.41) is 3.02. The van der Waals surface area contributed by atoms with Crippen LogP contribution in [0.1, 0.15) is 5.56 Å². The van der Waals surface area contributed by atoms with Crippen LogP contribution in [0.4, 0.5) is 5.82 Å². The van der Waals surface area contributed by atoms with Crippen molar-refractivity contribution in [3.63, 3.8) is 0 Å². The number of nitrogens with zero attached hydrogens (tertiary/aromatic N) is 1.